The second-order valence-electron chi connectivity index (χ2n) is 6.97. The van der Waals surface area contributed by atoms with Gasteiger partial charge in [0.05, 0.1) is 16.5 Å². The lowest BCUT2D eigenvalue weighted by molar-refractivity contribution is -0.127. The van der Waals surface area contributed by atoms with Crippen LogP contribution in [0.5, 0.6) is 0 Å². The monoisotopic (exact) mass is 389 g/mol. The second-order valence-corrected chi connectivity index (χ2v) is 6.97. The molecule has 4 aromatic rings. The smallest absolute Gasteiger partial charge is 0.267 e. The Hall–Kier alpha value is -3.75. The normalized spacial score (nSPS) is 14.2. The van der Waals surface area contributed by atoms with Crippen LogP contribution in [-0.4, -0.2) is 55.2 Å². The third kappa shape index (κ3) is 3.00. The molecule has 1 aliphatic heterocycles. The van der Waals surface area contributed by atoms with Crippen molar-refractivity contribution in [3.05, 3.63) is 53.1 Å². The van der Waals surface area contributed by atoms with Gasteiger partial charge >= 0.3 is 0 Å². The maximum Gasteiger partial charge on any atom is 0.267 e. The molecular formula is C20H19N7O2. The number of hydrogen-bond donors (Lipinski definition) is 2. The van der Waals surface area contributed by atoms with Crippen LogP contribution < -0.4 is 10.9 Å². The highest BCUT2D eigenvalue weighted by molar-refractivity contribution is 6.02. The van der Waals surface area contributed by atoms with Gasteiger partial charge in [0.2, 0.25) is 11.9 Å². The average Bonchev–Trinajstić information content (AvgIpc) is 3.39. The van der Waals surface area contributed by atoms with Gasteiger partial charge in [0, 0.05) is 38.4 Å². The van der Waals surface area contributed by atoms with Crippen molar-refractivity contribution >= 4 is 33.8 Å². The maximum atomic E-state index is 13.1. The molecule has 3 aromatic heterocycles. The van der Waals surface area contributed by atoms with E-state index in [0.29, 0.717) is 47.4 Å². The highest BCUT2D eigenvalue weighted by Gasteiger charge is 2.20. The fourth-order valence-electron chi connectivity index (χ4n) is 3.73. The predicted octanol–water partition coefficient (Wildman–Crippen LogP) is 1.69. The van der Waals surface area contributed by atoms with E-state index in [9.17, 15) is 9.59 Å². The summed E-state index contributed by atoms with van der Waals surface area (Å²) in [7, 11) is 0. The third-order valence-corrected chi connectivity index (χ3v) is 5.16. The number of anilines is 1. The molecular weight excluding hydrogens is 370 g/mol. The minimum Gasteiger partial charge on any atom is -0.352 e. The van der Waals surface area contributed by atoms with E-state index in [1.54, 1.807) is 17.0 Å². The molecule has 0 radical (unpaired) electrons. The molecule has 1 aromatic carbocycles. The lowest BCUT2D eigenvalue weighted by atomic mass is 10.2. The summed E-state index contributed by atoms with van der Waals surface area (Å²) >= 11 is 0. The van der Waals surface area contributed by atoms with E-state index in [1.165, 1.54) is 0 Å². The first-order chi connectivity index (χ1) is 14.2. The number of likely N-dealkylation sites (tertiary alicyclic amines) is 1. The summed E-state index contributed by atoms with van der Waals surface area (Å²) in [6.07, 6.45) is 4.80. The number of nitrogens with zero attached hydrogens (tertiary/aromatic N) is 5. The molecule has 5 rings (SSSR count). The molecule has 0 saturated carbocycles. The summed E-state index contributed by atoms with van der Waals surface area (Å²) in [6, 6.07) is 9.37. The van der Waals surface area contributed by atoms with Gasteiger partial charge in [-0.25, -0.2) is 4.98 Å². The Bertz CT molecular complexity index is 1260. The molecule has 0 spiro atoms. The van der Waals surface area contributed by atoms with Crippen LogP contribution >= 0.6 is 0 Å². The standard InChI is InChI=1S/C20H19N7O2/c28-16-7-4-9-26(16)10-8-21-20-22-11-14-17-15(12-23-25-17)19(29)27(18(14)24-20)13-5-2-1-3-6-13/h1-3,5-6,11-12H,4,7-10H2,(H,23,25)(H,21,22,24). The van der Waals surface area contributed by atoms with Gasteiger partial charge in [-0.1, -0.05) is 18.2 Å². The molecule has 0 unspecified atom stereocenters. The fraction of sp³-hybridized carbons (Fsp3) is 0.250. The first kappa shape index (κ1) is 17.4. The first-order valence-electron chi connectivity index (χ1n) is 9.55. The van der Waals surface area contributed by atoms with E-state index in [1.807, 2.05) is 35.2 Å². The molecule has 9 heteroatoms. The van der Waals surface area contributed by atoms with Crippen molar-refractivity contribution in [1.82, 2.24) is 29.6 Å². The summed E-state index contributed by atoms with van der Waals surface area (Å²) in [6.45, 7) is 1.94. The molecule has 0 atom stereocenters. The number of aromatic nitrogens is 5. The molecule has 1 aliphatic rings. The highest BCUT2D eigenvalue weighted by atomic mass is 16.2. The van der Waals surface area contributed by atoms with Crippen LogP contribution in [-0.2, 0) is 4.79 Å². The Morgan fingerprint density at radius 3 is 2.79 bits per heavy atom. The van der Waals surface area contributed by atoms with Gasteiger partial charge in [0.15, 0.2) is 5.65 Å². The summed E-state index contributed by atoms with van der Waals surface area (Å²) in [4.78, 5) is 35.7. The molecule has 29 heavy (non-hydrogen) atoms. The molecule has 146 valence electrons. The Morgan fingerprint density at radius 1 is 1.14 bits per heavy atom. The molecule has 9 nitrogen and oxygen atoms in total. The van der Waals surface area contributed by atoms with Crippen LogP contribution in [0.25, 0.3) is 27.6 Å². The van der Waals surface area contributed by atoms with Crippen molar-refractivity contribution in [2.75, 3.05) is 25.0 Å². The van der Waals surface area contributed by atoms with Crippen molar-refractivity contribution in [1.29, 1.82) is 0 Å². The Kier molecular flexibility index (Phi) is 4.19. The fourth-order valence-corrected chi connectivity index (χ4v) is 3.73. The van der Waals surface area contributed by atoms with Gasteiger partial charge in [0.25, 0.3) is 5.56 Å². The number of carbonyl (C=O) groups excluding carboxylic acids is 1. The van der Waals surface area contributed by atoms with E-state index in [2.05, 4.69) is 25.5 Å². The number of carbonyl (C=O) groups is 1. The van der Waals surface area contributed by atoms with Gasteiger partial charge < -0.3 is 10.2 Å². The van der Waals surface area contributed by atoms with Gasteiger partial charge in [-0.15, -0.1) is 0 Å². The second kappa shape index (κ2) is 7.01. The summed E-state index contributed by atoms with van der Waals surface area (Å²) in [5.74, 6) is 0.591. The van der Waals surface area contributed by atoms with Gasteiger partial charge in [-0.2, -0.15) is 10.1 Å². The topological polar surface area (TPSA) is 109 Å². The minimum atomic E-state index is -0.195. The largest absolute Gasteiger partial charge is 0.352 e. The third-order valence-electron chi connectivity index (χ3n) is 5.16. The maximum absolute atomic E-state index is 13.1. The zero-order chi connectivity index (χ0) is 19.8. The number of hydrogen-bond acceptors (Lipinski definition) is 6. The Labute approximate surface area is 165 Å². The lowest BCUT2D eigenvalue weighted by Crippen LogP contribution is -2.30. The van der Waals surface area contributed by atoms with Gasteiger partial charge in [0.1, 0.15) is 5.52 Å². The van der Waals surface area contributed by atoms with Crippen LogP contribution in [0.15, 0.2) is 47.5 Å². The number of para-hydroxylation sites is 1. The van der Waals surface area contributed by atoms with Crippen LogP contribution in [0.1, 0.15) is 12.8 Å². The van der Waals surface area contributed by atoms with Crippen molar-refractivity contribution in [2.24, 2.45) is 0 Å². The number of nitrogens with one attached hydrogen (secondary N) is 2. The summed E-state index contributed by atoms with van der Waals surface area (Å²) < 4.78 is 1.57. The molecule has 0 aliphatic carbocycles. The number of pyridine rings is 1. The number of H-pyrrole nitrogens is 1. The lowest BCUT2D eigenvalue weighted by Gasteiger charge is -2.16. The van der Waals surface area contributed by atoms with E-state index in [4.69, 9.17) is 0 Å². The minimum absolute atomic E-state index is 0.185. The first-order valence-corrected chi connectivity index (χ1v) is 9.55. The SMILES string of the molecule is O=C1CCCN1CCNc1ncc2c3n[nH]cc3c(=O)n(-c3ccccc3)c2n1. The molecule has 4 heterocycles. The zero-order valence-electron chi connectivity index (χ0n) is 15.6. The predicted molar refractivity (Wildman–Crippen MR) is 109 cm³/mol. The summed E-state index contributed by atoms with van der Waals surface area (Å²) in [5, 5.41) is 11.3. The van der Waals surface area contributed by atoms with Crippen molar-refractivity contribution < 1.29 is 4.79 Å². The number of amides is 1. The summed E-state index contributed by atoms with van der Waals surface area (Å²) in [5.41, 5.74) is 1.56. The van der Waals surface area contributed by atoms with Gasteiger partial charge in [-0.3, -0.25) is 19.3 Å². The number of rotatable bonds is 5. The van der Waals surface area contributed by atoms with Crippen molar-refractivity contribution in [2.45, 2.75) is 12.8 Å². The number of aromatic amines is 1. The zero-order valence-corrected chi connectivity index (χ0v) is 15.6. The van der Waals surface area contributed by atoms with E-state index in [0.717, 1.165) is 18.7 Å². The van der Waals surface area contributed by atoms with Crippen LogP contribution in [0.3, 0.4) is 0 Å². The van der Waals surface area contributed by atoms with Crippen molar-refractivity contribution in [3.63, 3.8) is 0 Å². The molecule has 1 amide bonds. The van der Waals surface area contributed by atoms with Gasteiger partial charge in [-0.05, 0) is 18.6 Å². The van der Waals surface area contributed by atoms with E-state index >= 15 is 0 Å². The molecule has 2 N–H and O–H groups in total. The van der Waals surface area contributed by atoms with E-state index < -0.39 is 0 Å². The van der Waals surface area contributed by atoms with Crippen LogP contribution in [0.4, 0.5) is 5.95 Å². The quantitative estimate of drug-likeness (QED) is 0.538. The van der Waals surface area contributed by atoms with Crippen molar-refractivity contribution in [3.8, 4) is 5.69 Å². The van der Waals surface area contributed by atoms with E-state index in [-0.39, 0.29) is 11.5 Å². The van der Waals surface area contributed by atoms with Crippen LogP contribution in [0.2, 0.25) is 0 Å². The Morgan fingerprint density at radius 2 is 2.00 bits per heavy atom. The number of benzene rings is 1. The molecule has 1 saturated heterocycles. The molecule has 0 bridgehead atoms. The highest BCUT2D eigenvalue weighted by Crippen LogP contribution is 2.22. The Balaban J connectivity index is 1.56. The average molecular weight is 389 g/mol. The van der Waals surface area contributed by atoms with Crippen LogP contribution in [0, 0.1) is 0 Å². The molecule has 1 fully saturated rings. The number of fused-ring (bicyclic) bond motifs is 3.